The molecule has 1 rings (SSSR count). The summed E-state index contributed by atoms with van der Waals surface area (Å²) >= 11 is 0. The van der Waals surface area contributed by atoms with Gasteiger partial charge in [0.1, 0.15) is 11.6 Å². The second-order valence-corrected chi connectivity index (χ2v) is 4.62. The van der Waals surface area contributed by atoms with Crippen molar-refractivity contribution in [3.8, 4) is 0 Å². The summed E-state index contributed by atoms with van der Waals surface area (Å²) in [5.41, 5.74) is -0.0642. The summed E-state index contributed by atoms with van der Waals surface area (Å²) in [5.74, 6) is -0.777. The number of rotatable bonds is 2. The van der Waals surface area contributed by atoms with E-state index in [0.717, 1.165) is 0 Å². The lowest BCUT2D eigenvalue weighted by Gasteiger charge is -2.22. The van der Waals surface area contributed by atoms with E-state index in [0.29, 0.717) is 12.0 Å². The fourth-order valence-corrected chi connectivity index (χ4v) is 1.34. The Kier molecular flexibility index (Phi) is 3.57. The van der Waals surface area contributed by atoms with Crippen LogP contribution in [0.4, 0.5) is 0 Å². The van der Waals surface area contributed by atoms with Crippen LogP contribution in [0.2, 0.25) is 0 Å². The summed E-state index contributed by atoms with van der Waals surface area (Å²) in [4.78, 5) is 22.8. The summed E-state index contributed by atoms with van der Waals surface area (Å²) in [6, 6.07) is -0.492. The van der Waals surface area contributed by atoms with Gasteiger partial charge in [0.25, 0.3) is 0 Å². The highest BCUT2D eigenvalue weighted by Gasteiger charge is 2.30. The van der Waals surface area contributed by atoms with Gasteiger partial charge < -0.3 is 14.8 Å². The molecule has 0 radical (unpaired) electrons. The molecule has 0 aromatic heterocycles. The first-order valence-corrected chi connectivity index (χ1v) is 5.10. The van der Waals surface area contributed by atoms with Crippen LogP contribution < -0.4 is 5.32 Å². The zero-order chi connectivity index (χ0) is 12.3. The van der Waals surface area contributed by atoms with Crippen LogP contribution in [0.1, 0.15) is 27.2 Å². The number of ether oxygens (including phenoxy) is 2. The van der Waals surface area contributed by atoms with Crippen LogP contribution in [0, 0.1) is 0 Å². The Morgan fingerprint density at radius 1 is 1.44 bits per heavy atom. The summed E-state index contributed by atoms with van der Waals surface area (Å²) in [6.07, 6.45) is 1.81. The van der Waals surface area contributed by atoms with Gasteiger partial charge in [-0.1, -0.05) is 0 Å². The molecule has 0 saturated heterocycles. The molecule has 0 aromatic rings. The van der Waals surface area contributed by atoms with E-state index in [9.17, 15) is 9.59 Å². The van der Waals surface area contributed by atoms with Gasteiger partial charge >= 0.3 is 11.9 Å². The van der Waals surface area contributed by atoms with Gasteiger partial charge in [-0.25, -0.2) is 9.59 Å². The molecular weight excluding hydrogens is 210 g/mol. The third-order valence-electron chi connectivity index (χ3n) is 2.02. The maximum atomic E-state index is 11.6. The lowest BCUT2D eigenvalue weighted by Crippen LogP contribution is -2.36. The Bertz CT molecular complexity index is 327. The van der Waals surface area contributed by atoms with E-state index in [4.69, 9.17) is 4.74 Å². The highest BCUT2D eigenvalue weighted by Crippen LogP contribution is 2.17. The number of methoxy groups -OCH3 is 1. The molecule has 1 aliphatic rings. The fraction of sp³-hybridized carbons (Fsp3) is 0.636. The number of hydrogen-bond acceptors (Lipinski definition) is 5. The molecule has 1 atom stereocenters. The molecule has 90 valence electrons. The van der Waals surface area contributed by atoms with E-state index in [2.05, 4.69) is 10.1 Å². The Morgan fingerprint density at radius 2 is 2.06 bits per heavy atom. The van der Waals surface area contributed by atoms with Crippen LogP contribution in [0.25, 0.3) is 0 Å². The Morgan fingerprint density at radius 3 is 2.56 bits per heavy atom. The van der Waals surface area contributed by atoms with Crippen LogP contribution in [0.3, 0.4) is 0 Å². The van der Waals surface area contributed by atoms with Gasteiger partial charge in [-0.05, 0) is 20.8 Å². The molecule has 0 amide bonds. The lowest BCUT2D eigenvalue weighted by molar-refractivity contribution is -0.156. The Labute approximate surface area is 94.8 Å². The van der Waals surface area contributed by atoms with E-state index < -0.39 is 17.6 Å². The quantitative estimate of drug-likeness (QED) is 0.705. The number of carbonyl (C=O) groups excluding carboxylic acids is 2. The molecule has 5 heteroatoms. The van der Waals surface area contributed by atoms with Crippen molar-refractivity contribution in [1.82, 2.24) is 5.32 Å². The summed E-state index contributed by atoms with van der Waals surface area (Å²) in [7, 11) is 1.31. The smallest absolute Gasteiger partial charge is 0.335 e. The van der Waals surface area contributed by atoms with Gasteiger partial charge in [0.15, 0.2) is 0 Å². The summed E-state index contributed by atoms with van der Waals surface area (Å²) in [5, 5.41) is 2.81. The van der Waals surface area contributed by atoms with E-state index in [1.54, 1.807) is 20.8 Å². The molecule has 0 aliphatic carbocycles. The second kappa shape index (κ2) is 4.55. The third kappa shape index (κ3) is 3.25. The van der Waals surface area contributed by atoms with Crippen LogP contribution in [-0.4, -0.2) is 30.7 Å². The van der Waals surface area contributed by atoms with Crippen molar-refractivity contribution in [3.05, 3.63) is 11.8 Å². The predicted molar refractivity (Wildman–Crippen MR) is 57.5 cm³/mol. The van der Waals surface area contributed by atoms with Crippen LogP contribution in [0.15, 0.2) is 11.8 Å². The third-order valence-corrected chi connectivity index (χ3v) is 2.02. The van der Waals surface area contributed by atoms with Gasteiger partial charge in [-0.3, -0.25) is 0 Å². The van der Waals surface area contributed by atoms with Crippen LogP contribution in [0.5, 0.6) is 0 Å². The van der Waals surface area contributed by atoms with Gasteiger partial charge in [0.05, 0.1) is 12.7 Å². The summed E-state index contributed by atoms with van der Waals surface area (Å²) in [6.45, 7) is 5.40. The molecular formula is C11H17NO4. The molecule has 0 aromatic carbocycles. The lowest BCUT2D eigenvalue weighted by atomic mass is 10.1. The van der Waals surface area contributed by atoms with Gasteiger partial charge in [-0.15, -0.1) is 0 Å². The zero-order valence-corrected chi connectivity index (χ0v) is 9.99. The topological polar surface area (TPSA) is 64.6 Å². The first-order chi connectivity index (χ1) is 7.33. The molecule has 0 saturated carbocycles. The Hall–Kier alpha value is -1.52. The maximum Gasteiger partial charge on any atom is 0.335 e. The number of hydrogen-bond donors (Lipinski definition) is 1. The van der Waals surface area contributed by atoms with Gasteiger partial charge in [0, 0.05) is 12.6 Å². The standard InChI is InChI=1S/C11H17NO4/c1-11(2,3)16-10(14)8-5-7(6-12-8)9(13)15-4/h6,8,12H,5H2,1-4H3/t8-/m0/s1. The van der Waals surface area contributed by atoms with Gasteiger partial charge in [-0.2, -0.15) is 0 Å². The minimum atomic E-state index is -0.521. The first kappa shape index (κ1) is 12.5. The molecule has 5 nitrogen and oxygen atoms in total. The normalized spacial score (nSPS) is 19.8. The second-order valence-electron chi connectivity index (χ2n) is 4.62. The molecule has 0 bridgehead atoms. The largest absolute Gasteiger partial charge is 0.466 e. The van der Waals surface area contributed by atoms with E-state index in [1.165, 1.54) is 13.3 Å². The first-order valence-electron chi connectivity index (χ1n) is 5.10. The molecule has 16 heavy (non-hydrogen) atoms. The molecule has 0 fully saturated rings. The fourth-order valence-electron chi connectivity index (χ4n) is 1.34. The number of esters is 2. The minimum absolute atomic E-state index is 0.307. The van der Waals surface area contributed by atoms with Crippen molar-refractivity contribution in [2.75, 3.05) is 7.11 Å². The Balaban J connectivity index is 2.50. The highest BCUT2D eigenvalue weighted by atomic mass is 16.6. The average Bonchev–Trinajstić information content (AvgIpc) is 2.62. The highest BCUT2D eigenvalue weighted by molar-refractivity contribution is 5.91. The molecule has 1 aliphatic heterocycles. The van der Waals surface area contributed by atoms with Crippen molar-refractivity contribution in [3.63, 3.8) is 0 Å². The van der Waals surface area contributed by atoms with Crippen molar-refractivity contribution in [2.45, 2.75) is 38.8 Å². The number of nitrogens with one attached hydrogen (secondary N) is 1. The SMILES string of the molecule is COC(=O)C1=CN[C@H](C(=O)OC(C)(C)C)C1. The molecule has 1 heterocycles. The maximum absolute atomic E-state index is 11.6. The average molecular weight is 227 g/mol. The van der Waals surface area contributed by atoms with E-state index in [1.807, 2.05) is 0 Å². The zero-order valence-electron chi connectivity index (χ0n) is 9.99. The van der Waals surface area contributed by atoms with Crippen molar-refractivity contribution < 1.29 is 19.1 Å². The van der Waals surface area contributed by atoms with Crippen LogP contribution >= 0.6 is 0 Å². The molecule has 1 N–H and O–H groups in total. The van der Waals surface area contributed by atoms with Crippen molar-refractivity contribution >= 4 is 11.9 Å². The number of carbonyl (C=O) groups is 2. The monoisotopic (exact) mass is 227 g/mol. The predicted octanol–water partition coefficient (Wildman–Crippen LogP) is 0.747. The molecule has 0 unspecified atom stereocenters. The van der Waals surface area contributed by atoms with E-state index >= 15 is 0 Å². The van der Waals surface area contributed by atoms with E-state index in [-0.39, 0.29) is 5.97 Å². The minimum Gasteiger partial charge on any atom is -0.466 e. The summed E-state index contributed by atoms with van der Waals surface area (Å²) < 4.78 is 9.76. The van der Waals surface area contributed by atoms with Crippen LogP contribution in [-0.2, 0) is 19.1 Å². The van der Waals surface area contributed by atoms with Gasteiger partial charge in [0.2, 0.25) is 0 Å². The van der Waals surface area contributed by atoms with Crippen molar-refractivity contribution in [1.29, 1.82) is 0 Å². The molecule has 0 spiro atoms. The van der Waals surface area contributed by atoms with Crippen molar-refractivity contribution in [2.24, 2.45) is 0 Å².